The van der Waals surface area contributed by atoms with E-state index >= 15 is 0 Å². The molecule has 2 saturated heterocycles. The first-order valence-corrected chi connectivity index (χ1v) is 27.6. The Bertz CT molecular complexity index is 2860. The number of thioether (sulfide) groups is 2. The Morgan fingerprint density at radius 2 is 1.12 bits per heavy atom. The summed E-state index contributed by atoms with van der Waals surface area (Å²) in [6.07, 6.45) is 11.7. The standard InChI is InChI=1S/C23H29N7O2S2.C12H21N3O2.C11H9ClN4S2/c1-13(2)20-26-21(32-28-20)29-10-8-16(9-11-29)15(4)31-23-27-30-12-18(25-22(30)34-23)17-6-7-19(33-5)24-14(17)3;1-8(2)11-13-12(17-14-11)15-6-4-10(5-7-15)9(3)16;1-6-7(3-4-9(13-6)17-2)8-5-16-11(14-8)18-10(12)15-16/h6-7,12-13,15-16H,8-11H2,1-5H3;8-10,16H,4-7H2,1-3H3;3-5H,1-2H3/t15-;9-;/m00./s1. The van der Waals surface area contributed by atoms with Crippen LogP contribution in [-0.4, -0.2) is 115 Å². The number of nitrogens with zero attached hydrogens (tertiary/aromatic N) is 14. The molecule has 0 unspecified atom stereocenters. The van der Waals surface area contributed by atoms with E-state index in [0.29, 0.717) is 39.4 Å². The van der Waals surface area contributed by atoms with Crippen molar-refractivity contribution in [3.63, 3.8) is 0 Å². The predicted octanol–water partition coefficient (Wildman–Crippen LogP) is 10.4. The number of imidazole rings is 2. The van der Waals surface area contributed by atoms with Gasteiger partial charge in [0.2, 0.25) is 14.4 Å². The molecule has 10 rings (SSSR count). The van der Waals surface area contributed by atoms with Gasteiger partial charge in [-0.3, -0.25) is 0 Å². The summed E-state index contributed by atoms with van der Waals surface area (Å²) in [5.41, 5.74) is 5.75. The van der Waals surface area contributed by atoms with Crippen molar-refractivity contribution >= 4 is 79.7 Å². The van der Waals surface area contributed by atoms with Crippen LogP contribution in [0.3, 0.4) is 0 Å². The zero-order valence-electron chi connectivity index (χ0n) is 40.5. The second-order valence-electron chi connectivity index (χ2n) is 17.8. The van der Waals surface area contributed by atoms with Gasteiger partial charge in [0.25, 0.3) is 5.19 Å². The lowest BCUT2D eigenvalue weighted by Gasteiger charge is -2.33. The minimum Gasteiger partial charge on any atom is -0.466 e. The maximum absolute atomic E-state index is 9.54. The molecule has 69 heavy (non-hydrogen) atoms. The molecule has 0 radical (unpaired) electrons. The third-order valence-corrected chi connectivity index (χ3v) is 15.4. The Labute approximate surface area is 423 Å². The molecule has 0 aliphatic carbocycles. The number of halogens is 1. The highest BCUT2D eigenvalue weighted by molar-refractivity contribution is 7.98. The van der Waals surface area contributed by atoms with Gasteiger partial charge in [0.1, 0.15) is 6.10 Å². The van der Waals surface area contributed by atoms with Gasteiger partial charge in [-0.2, -0.15) is 9.97 Å². The Morgan fingerprint density at radius 1 is 0.652 bits per heavy atom. The van der Waals surface area contributed by atoms with E-state index in [-0.39, 0.29) is 18.1 Å². The van der Waals surface area contributed by atoms with E-state index in [4.69, 9.17) is 30.4 Å². The minimum absolute atomic E-state index is 0.0666. The fraction of sp³-hybridized carbons (Fsp3) is 0.522. The van der Waals surface area contributed by atoms with Crippen LogP contribution >= 0.6 is 57.8 Å². The average Bonchev–Trinajstić information content (AvgIpc) is 4.21. The van der Waals surface area contributed by atoms with Gasteiger partial charge in [0.05, 0.1) is 39.9 Å². The first kappa shape index (κ1) is 50.5. The predicted molar refractivity (Wildman–Crippen MR) is 275 cm³/mol. The summed E-state index contributed by atoms with van der Waals surface area (Å²) >= 11 is 11.9. The number of fused-ring (bicyclic) bond motifs is 2. The fourth-order valence-electron chi connectivity index (χ4n) is 8.08. The number of pyridine rings is 2. The number of aromatic nitrogens is 12. The van der Waals surface area contributed by atoms with E-state index in [1.165, 1.54) is 22.7 Å². The molecule has 8 aromatic rings. The number of ether oxygens (including phenoxy) is 1. The van der Waals surface area contributed by atoms with Crippen LogP contribution in [0.15, 0.2) is 55.8 Å². The van der Waals surface area contributed by atoms with Crippen molar-refractivity contribution in [2.24, 2.45) is 11.8 Å². The van der Waals surface area contributed by atoms with Crippen LogP contribution in [0.5, 0.6) is 5.19 Å². The maximum Gasteiger partial charge on any atom is 0.324 e. The topological polar surface area (TPSA) is 200 Å². The normalized spacial score (nSPS) is 15.7. The summed E-state index contributed by atoms with van der Waals surface area (Å²) in [6.45, 7) is 19.8. The molecule has 10 heterocycles. The van der Waals surface area contributed by atoms with Crippen molar-refractivity contribution < 1.29 is 18.9 Å². The van der Waals surface area contributed by atoms with Gasteiger partial charge in [-0.15, -0.1) is 33.7 Å². The Morgan fingerprint density at radius 3 is 1.52 bits per heavy atom. The molecular weight excluding hydrogens is 976 g/mol. The molecule has 0 spiro atoms. The zero-order chi connectivity index (χ0) is 48.9. The quantitative estimate of drug-likeness (QED) is 0.113. The highest BCUT2D eigenvalue weighted by Gasteiger charge is 2.29. The summed E-state index contributed by atoms with van der Waals surface area (Å²) in [5.74, 6) is 2.92. The molecule has 0 amide bonds. The van der Waals surface area contributed by atoms with Crippen molar-refractivity contribution in [3.8, 4) is 27.7 Å². The van der Waals surface area contributed by atoms with Crippen LogP contribution in [0.1, 0.15) is 102 Å². The van der Waals surface area contributed by atoms with Crippen molar-refractivity contribution in [3.05, 3.63) is 64.2 Å². The summed E-state index contributed by atoms with van der Waals surface area (Å²) in [5, 5.41) is 29.0. The van der Waals surface area contributed by atoms with Gasteiger partial charge < -0.3 is 28.7 Å². The molecule has 1 N–H and O–H groups in total. The van der Waals surface area contributed by atoms with Crippen LogP contribution in [0.25, 0.3) is 32.4 Å². The number of aliphatic hydroxyl groups excluding tert-OH is 1. The van der Waals surface area contributed by atoms with Gasteiger partial charge >= 0.3 is 12.0 Å². The van der Waals surface area contributed by atoms with Crippen LogP contribution in [0.4, 0.5) is 12.0 Å². The molecule has 23 heteroatoms. The third kappa shape index (κ3) is 12.2. The van der Waals surface area contributed by atoms with E-state index in [2.05, 4.69) is 82.1 Å². The van der Waals surface area contributed by atoms with Crippen molar-refractivity contribution in [1.29, 1.82) is 0 Å². The number of aryl methyl sites for hydroxylation is 2. The molecule has 8 aromatic heterocycles. The van der Waals surface area contributed by atoms with Crippen LogP contribution in [-0.2, 0) is 0 Å². The van der Waals surface area contributed by atoms with Crippen LogP contribution < -0.4 is 14.5 Å². The SMILES string of the molecule is CC(C)c1noc(N2CCC([C@H](C)O)CC2)n1.CSc1ccc(-c2cn3nc(Cl)sc3n2)c(C)n1.CSc1ccc(-c2cn3nc(O[C@@H](C)C4CCN(c5nc(C(C)C)no5)CC4)sc3n2)c(C)n1. The minimum atomic E-state index is -0.217. The second kappa shape index (κ2) is 22.5. The van der Waals surface area contributed by atoms with E-state index in [9.17, 15) is 5.11 Å². The third-order valence-electron chi connectivity index (χ3n) is 12.3. The van der Waals surface area contributed by atoms with E-state index in [0.717, 1.165) is 117 Å². The molecule has 2 aliphatic heterocycles. The number of hydrogen-bond acceptors (Lipinski definition) is 20. The summed E-state index contributed by atoms with van der Waals surface area (Å²) < 4.78 is 20.9. The largest absolute Gasteiger partial charge is 0.466 e. The van der Waals surface area contributed by atoms with E-state index in [1.54, 1.807) is 32.6 Å². The molecule has 368 valence electrons. The van der Waals surface area contributed by atoms with E-state index in [1.807, 2.05) is 77.7 Å². The van der Waals surface area contributed by atoms with Crippen molar-refractivity contribution in [2.45, 2.75) is 115 Å². The zero-order valence-corrected chi connectivity index (χ0v) is 44.6. The fourth-order valence-corrected chi connectivity index (χ4v) is 10.7. The van der Waals surface area contributed by atoms with Gasteiger partial charge in [-0.05, 0) is 125 Å². The van der Waals surface area contributed by atoms with Gasteiger partial charge in [0.15, 0.2) is 11.6 Å². The molecule has 2 fully saturated rings. The Kier molecular flexibility index (Phi) is 16.5. The average molecular weight is 1040 g/mol. The second-order valence-corrected chi connectivity index (χ2v) is 21.9. The molecular formula is C46H59ClN14O4S4. The maximum atomic E-state index is 9.54. The molecule has 0 bridgehead atoms. The lowest BCUT2D eigenvalue weighted by Crippen LogP contribution is -2.38. The number of anilines is 2. The van der Waals surface area contributed by atoms with Crippen molar-refractivity contribution in [2.75, 3.05) is 48.5 Å². The first-order valence-electron chi connectivity index (χ1n) is 23.1. The highest BCUT2D eigenvalue weighted by Crippen LogP contribution is 2.33. The molecule has 2 aliphatic rings. The number of rotatable bonds is 12. The van der Waals surface area contributed by atoms with Gasteiger partial charge in [-0.25, -0.2) is 29.0 Å². The number of aliphatic hydroxyl groups is 1. The summed E-state index contributed by atoms with van der Waals surface area (Å²) in [4.78, 5) is 33.2. The first-order chi connectivity index (χ1) is 33.2. The lowest BCUT2D eigenvalue weighted by atomic mass is 9.92. The summed E-state index contributed by atoms with van der Waals surface area (Å²) in [7, 11) is 0. The number of hydrogen-bond donors (Lipinski definition) is 1. The van der Waals surface area contributed by atoms with Gasteiger partial charge in [0, 0.05) is 60.5 Å². The molecule has 0 saturated carbocycles. The lowest BCUT2D eigenvalue weighted by molar-refractivity contribution is 0.109. The van der Waals surface area contributed by atoms with Crippen LogP contribution in [0.2, 0.25) is 4.47 Å². The monoisotopic (exact) mass is 1030 g/mol. The smallest absolute Gasteiger partial charge is 0.324 e. The number of piperidine rings is 2. The van der Waals surface area contributed by atoms with E-state index < -0.39 is 0 Å². The molecule has 2 atom stereocenters. The van der Waals surface area contributed by atoms with Crippen LogP contribution in [0, 0.1) is 25.7 Å². The summed E-state index contributed by atoms with van der Waals surface area (Å²) in [6, 6.07) is 9.39. The Hall–Kier alpha value is -4.87. The molecule has 0 aromatic carbocycles. The highest BCUT2D eigenvalue weighted by atomic mass is 35.5. The van der Waals surface area contributed by atoms with Crippen molar-refractivity contribution in [1.82, 2.24) is 59.4 Å². The Balaban J connectivity index is 0.000000154. The van der Waals surface area contributed by atoms with Gasteiger partial charge in [-0.1, -0.05) is 49.3 Å². The molecule has 18 nitrogen and oxygen atoms in total.